The van der Waals surface area contributed by atoms with Crippen LogP contribution in [0.4, 0.5) is 4.79 Å². The van der Waals surface area contributed by atoms with E-state index in [1.807, 2.05) is 54.6 Å². The molecule has 0 fully saturated rings. The van der Waals surface area contributed by atoms with Gasteiger partial charge in [0.15, 0.2) is 0 Å². The quantitative estimate of drug-likeness (QED) is 0.623. The topological polar surface area (TPSA) is 84.9 Å². The molecular formula is C27H34N2O5. The Labute approximate surface area is 201 Å². The van der Waals surface area contributed by atoms with Crippen molar-refractivity contribution < 1.29 is 23.9 Å². The molecule has 0 spiro atoms. The summed E-state index contributed by atoms with van der Waals surface area (Å²) in [6.07, 6.45) is 1.02. The highest BCUT2D eigenvalue weighted by molar-refractivity contribution is 5.86. The van der Waals surface area contributed by atoms with E-state index in [2.05, 4.69) is 5.32 Å². The highest BCUT2D eigenvalue weighted by Crippen LogP contribution is 2.26. The van der Waals surface area contributed by atoms with Crippen LogP contribution < -0.4 is 5.32 Å². The highest BCUT2D eigenvalue weighted by atomic mass is 16.6. The van der Waals surface area contributed by atoms with Crippen LogP contribution in [0.3, 0.4) is 0 Å². The molecule has 182 valence electrons. The second-order valence-corrected chi connectivity index (χ2v) is 9.60. The molecule has 7 nitrogen and oxygen atoms in total. The number of esters is 1. The Hall–Kier alpha value is -3.35. The van der Waals surface area contributed by atoms with Crippen molar-refractivity contribution in [3.63, 3.8) is 0 Å². The SMILES string of the molecule is COC(=O)C[C@H]1Cc2ccccc2CN1C(=O)[C@H](CCc1ccccc1)NC(=O)OC(C)(C)C. The number of amides is 2. The van der Waals surface area contributed by atoms with Gasteiger partial charge in [-0.3, -0.25) is 9.59 Å². The fourth-order valence-electron chi connectivity index (χ4n) is 4.17. The minimum absolute atomic E-state index is 0.0917. The third-order valence-electron chi connectivity index (χ3n) is 5.82. The van der Waals surface area contributed by atoms with E-state index in [4.69, 9.17) is 9.47 Å². The van der Waals surface area contributed by atoms with Gasteiger partial charge in [-0.1, -0.05) is 54.6 Å². The van der Waals surface area contributed by atoms with Crippen molar-refractivity contribution in [2.75, 3.05) is 7.11 Å². The lowest BCUT2D eigenvalue weighted by Gasteiger charge is -2.38. The first-order chi connectivity index (χ1) is 16.2. The predicted octanol–water partition coefficient (Wildman–Crippen LogP) is 4.03. The zero-order chi connectivity index (χ0) is 24.7. The van der Waals surface area contributed by atoms with Crippen LogP contribution in [-0.2, 0) is 38.4 Å². The first-order valence-electron chi connectivity index (χ1n) is 11.6. The van der Waals surface area contributed by atoms with Crippen molar-refractivity contribution in [3.05, 3.63) is 71.3 Å². The van der Waals surface area contributed by atoms with Crippen molar-refractivity contribution in [2.24, 2.45) is 0 Å². The van der Waals surface area contributed by atoms with Crippen LogP contribution >= 0.6 is 0 Å². The van der Waals surface area contributed by atoms with Gasteiger partial charge >= 0.3 is 12.1 Å². The standard InChI is InChI=1S/C27H34N2O5/c1-27(2,3)34-26(32)28-23(15-14-19-10-6-5-7-11-19)25(31)29-18-21-13-9-8-12-20(21)16-22(29)17-24(30)33-4/h5-13,22-23H,14-18H2,1-4H3,(H,28,32)/t22-,23+/m1/s1. The second kappa shape index (κ2) is 11.2. The van der Waals surface area contributed by atoms with Gasteiger partial charge < -0.3 is 19.7 Å². The van der Waals surface area contributed by atoms with E-state index in [0.29, 0.717) is 25.8 Å². The summed E-state index contributed by atoms with van der Waals surface area (Å²) in [5.41, 5.74) is 2.54. The molecule has 0 unspecified atom stereocenters. The number of carbonyl (C=O) groups is 3. The van der Waals surface area contributed by atoms with E-state index in [1.54, 1.807) is 25.7 Å². The van der Waals surface area contributed by atoms with Gasteiger partial charge in [-0.2, -0.15) is 0 Å². The van der Waals surface area contributed by atoms with Crippen molar-refractivity contribution in [3.8, 4) is 0 Å². The maximum Gasteiger partial charge on any atom is 0.408 e. The number of hydrogen-bond donors (Lipinski definition) is 1. The fourth-order valence-corrected chi connectivity index (χ4v) is 4.17. The number of ether oxygens (including phenoxy) is 2. The summed E-state index contributed by atoms with van der Waals surface area (Å²) in [6, 6.07) is 16.6. The molecule has 0 aliphatic carbocycles. The summed E-state index contributed by atoms with van der Waals surface area (Å²) in [7, 11) is 1.35. The summed E-state index contributed by atoms with van der Waals surface area (Å²) in [5, 5.41) is 2.78. The molecule has 2 atom stereocenters. The first-order valence-corrected chi connectivity index (χ1v) is 11.6. The van der Waals surface area contributed by atoms with E-state index in [9.17, 15) is 14.4 Å². The lowest BCUT2D eigenvalue weighted by atomic mass is 9.91. The Bertz CT molecular complexity index is 1000. The highest BCUT2D eigenvalue weighted by Gasteiger charge is 2.36. The second-order valence-electron chi connectivity index (χ2n) is 9.60. The van der Waals surface area contributed by atoms with Gasteiger partial charge in [0.25, 0.3) is 0 Å². The molecule has 3 rings (SSSR count). The number of nitrogens with one attached hydrogen (secondary N) is 1. The van der Waals surface area contributed by atoms with Gasteiger partial charge in [0.1, 0.15) is 11.6 Å². The molecule has 0 saturated heterocycles. The molecule has 34 heavy (non-hydrogen) atoms. The molecule has 0 saturated carbocycles. The minimum Gasteiger partial charge on any atom is -0.469 e. The van der Waals surface area contributed by atoms with Crippen LogP contribution in [0.15, 0.2) is 54.6 Å². The summed E-state index contributed by atoms with van der Waals surface area (Å²) < 4.78 is 10.3. The van der Waals surface area contributed by atoms with Gasteiger partial charge in [0.2, 0.25) is 5.91 Å². The Balaban J connectivity index is 1.84. The molecule has 1 heterocycles. The number of nitrogens with zero attached hydrogens (tertiary/aromatic N) is 1. The molecule has 2 aromatic carbocycles. The number of rotatable bonds is 7. The minimum atomic E-state index is -0.791. The lowest BCUT2D eigenvalue weighted by molar-refractivity contribution is -0.145. The van der Waals surface area contributed by atoms with Crippen molar-refractivity contribution in [1.82, 2.24) is 10.2 Å². The van der Waals surface area contributed by atoms with Gasteiger partial charge in [-0.25, -0.2) is 4.79 Å². The number of benzene rings is 2. The summed E-state index contributed by atoms with van der Waals surface area (Å²) >= 11 is 0. The largest absolute Gasteiger partial charge is 0.469 e. The molecular weight excluding hydrogens is 432 g/mol. The van der Waals surface area contributed by atoms with Crippen molar-refractivity contribution in [1.29, 1.82) is 0 Å². The normalized spacial score (nSPS) is 16.2. The third-order valence-corrected chi connectivity index (χ3v) is 5.82. The molecule has 1 N–H and O–H groups in total. The van der Waals surface area contributed by atoms with Gasteiger partial charge in [-0.05, 0) is 56.7 Å². The molecule has 7 heteroatoms. The number of methoxy groups -OCH3 is 1. The van der Waals surface area contributed by atoms with Gasteiger partial charge in [-0.15, -0.1) is 0 Å². The Kier molecular flexibility index (Phi) is 8.31. The monoisotopic (exact) mass is 466 g/mol. The Morgan fingerprint density at radius 1 is 1.03 bits per heavy atom. The maximum atomic E-state index is 13.8. The van der Waals surface area contributed by atoms with Gasteiger partial charge in [0.05, 0.1) is 13.5 Å². The average Bonchev–Trinajstić information content (AvgIpc) is 2.80. The predicted molar refractivity (Wildman–Crippen MR) is 129 cm³/mol. The van der Waals surface area contributed by atoms with E-state index >= 15 is 0 Å². The van der Waals surface area contributed by atoms with E-state index in [0.717, 1.165) is 16.7 Å². The zero-order valence-corrected chi connectivity index (χ0v) is 20.4. The zero-order valence-electron chi connectivity index (χ0n) is 20.4. The van der Waals surface area contributed by atoms with Crippen LogP contribution in [0.5, 0.6) is 0 Å². The van der Waals surface area contributed by atoms with Crippen LogP contribution in [0.2, 0.25) is 0 Å². The molecule has 0 radical (unpaired) electrons. The Morgan fingerprint density at radius 3 is 2.32 bits per heavy atom. The van der Waals surface area contributed by atoms with Crippen molar-refractivity contribution >= 4 is 18.0 Å². The van der Waals surface area contributed by atoms with Crippen LogP contribution in [0, 0.1) is 0 Å². The average molecular weight is 467 g/mol. The smallest absolute Gasteiger partial charge is 0.408 e. The van der Waals surface area contributed by atoms with Crippen LogP contribution in [-0.4, -0.2) is 47.7 Å². The maximum absolute atomic E-state index is 13.8. The van der Waals surface area contributed by atoms with Crippen LogP contribution in [0.1, 0.15) is 50.3 Å². The molecule has 1 aliphatic heterocycles. The van der Waals surface area contributed by atoms with E-state index < -0.39 is 17.7 Å². The summed E-state index contributed by atoms with van der Waals surface area (Å²) in [5.74, 6) is -0.603. The number of aryl methyl sites for hydroxylation is 1. The van der Waals surface area contributed by atoms with Crippen LogP contribution in [0.25, 0.3) is 0 Å². The lowest BCUT2D eigenvalue weighted by Crippen LogP contribution is -2.54. The fraction of sp³-hybridized carbons (Fsp3) is 0.444. The molecule has 0 aromatic heterocycles. The number of alkyl carbamates (subject to hydrolysis) is 1. The van der Waals surface area contributed by atoms with E-state index in [1.165, 1.54) is 7.11 Å². The number of fused-ring (bicyclic) bond motifs is 1. The molecule has 0 bridgehead atoms. The first kappa shape index (κ1) is 25.3. The molecule has 1 aliphatic rings. The third kappa shape index (κ3) is 7.07. The summed E-state index contributed by atoms with van der Waals surface area (Å²) in [4.78, 5) is 40.2. The number of carbonyl (C=O) groups excluding carboxylic acids is 3. The number of hydrogen-bond acceptors (Lipinski definition) is 5. The molecule has 2 amide bonds. The Morgan fingerprint density at radius 2 is 1.68 bits per heavy atom. The van der Waals surface area contributed by atoms with Gasteiger partial charge in [0, 0.05) is 12.6 Å². The summed E-state index contributed by atoms with van der Waals surface area (Å²) in [6.45, 7) is 5.71. The van der Waals surface area contributed by atoms with Crippen molar-refractivity contribution in [2.45, 2.75) is 70.7 Å². The molecule has 2 aromatic rings. The van der Waals surface area contributed by atoms with E-state index in [-0.39, 0.29) is 24.3 Å².